The minimum atomic E-state index is -2.20. The quantitative estimate of drug-likeness (QED) is 0.0478. The smallest absolute Gasteiger partial charge is 0.408 e. The molecule has 8 atom stereocenters. The third-order valence-electron chi connectivity index (χ3n) is 18.1. The number of alkyl carbamates (subject to hydrolysis) is 1. The van der Waals surface area contributed by atoms with E-state index in [1.807, 2.05) is 0 Å². The number of phenols is 6. The molecule has 0 saturated carbocycles. The predicted molar refractivity (Wildman–Crippen MR) is 381 cm³/mol. The van der Waals surface area contributed by atoms with Gasteiger partial charge in [-0.1, -0.05) is 99.3 Å². The molecule has 0 aromatic heterocycles. The molecule has 13 rings (SSSR count). The number of unbranched alkanes of at least 4 members (excludes halogenated alkanes) is 7. The molecule has 6 heterocycles. The monoisotopic (exact) mass is 1480 g/mol. The summed E-state index contributed by atoms with van der Waals surface area (Å²) in [6, 6.07) is 7.75. The van der Waals surface area contributed by atoms with Crippen molar-refractivity contribution in [1.82, 2.24) is 47.9 Å². The van der Waals surface area contributed by atoms with Gasteiger partial charge in [0.25, 0.3) is 0 Å². The van der Waals surface area contributed by atoms with E-state index in [2.05, 4.69) is 54.8 Å². The van der Waals surface area contributed by atoms with E-state index >= 15 is 24.0 Å². The van der Waals surface area contributed by atoms with Crippen LogP contribution in [0.3, 0.4) is 0 Å². The molecule has 30 heteroatoms. The molecule has 6 aliphatic heterocycles. The average Bonchev–Trinajstić information content (AvgIpc) is 0.756. The molecule has 552 valence electrons. The van der Waals surface area contributed by atoms with Gasteiger partial charge in [-0.3, -0.25) is 33.6 Å². The largest absolute Gasteiger partial charge is 0.508 e. The second-order valence-electron chi connectivity index (χ2n) is 26.9. The lowest BCUT2D eigenvalue weighted by molar-refractivity contribution is -0.137. The topological polar surface area (TPSA) is 423 Å². The summed E-state index contributed by atoms with van der Waals surface area (Å²) in [5.41, 5.74) is -2.87. The number of likely N-dealkylation sites (N-methyl/N-ethyl adjacent to an activating group) is 1. The van der Waals surface area contributed by atoms with Crippen molar-refractivity contribution in [2.45, 2.75) is 146 Å². The molecule has 0 aliphatic carbocycles. The van der Waals surface area contributed by atoms with Crippen LogP contribution in [0.2, 0.25) is 10.0 Å². The number of nitrogens with one attached hydrogen (secondary N) is 9. The van der Waals surface area contributed by atoms with Crippen LogP contribution in [0.25, 0.3) is 11.1 Å². The summed E-state index contributed by atoms with van der Waals surface area (Å²) in [6.45, 7) is 7.19. The minimum Gasteiger partial charge on any atom is -0.508 e. The average molecular weight is 1480 g/mol. The molecule has 7 aromatic carbocycles. The molecule has 7 aromatic rings. The first kappa shape index (κ1) is 75.0. The summed E-state index contributed by atoms with van der Waals surface area (Å²) >= 11 is 14.0. The summed E-state index contributed by atoms with van der Waals surface area (Å²) in [7, 11) is 1.24. The predicted octanol–water partition coefficient (Wildman–Crippen LogP) is 9.44. The van der Waals surface area contributed by atoms with E-state index in [9.17, 15) is 50.1 Å². The number of phenolic OH excluding ortho intramolecular Hbond substituents is 6. The Morgan fingerprint density at radius 1 is 0.552 bits per heavy atom. The molecule has 0 spiro atoms. The number of aliphatic hydroxyl groups is 1. The molecule has 8 amide bonds. The molecule has 17 bridgehead atoms. The third kappa shape index (κ3) is 17.1. The summed E-state index contributed by atoms with van der Waals surface area (Å²) in [5.74, 6) is -14.0. The Morgan fingerprint density at radius 3 is 1.80 bits per heavy atom. The van der Waals surface area contributed by atoms with Crippen LogP contribution in [0, 0.1) is 0 Å². The van der Waals surface area contributed by atoms with Gasteiger partial charge in [0.15, 0.2) is 23.0 Å². The molecule has 6 aliphatic rings. The van der Waals surface area contributed by atoms with Gasteiger partial charge in [-0.25, -0.2) is 4.79 Å². The van der Waals surface area contributed by atoms with Gasteiger partial charge in [0.05, 0.1) is 15.6 Å². The van der Waals surface area contributed by atoms with Crippen LogP contribution in [0.4, 0.5) is 4.79 Å². The van der Waals surface area contributed by atoms with Crippen molar-refractivity contribution in [2.75, 3.05) is 13.6 Å². The highest BCUT2D eigenvalue weighted by Gasteiger charge is 2.42. The van der Waals surface area contributed by atoms with Gasteiger partial charge in [0.1, 0.15) is 94.2 Å². The molecule has 1 unspecified atom stereocenters. The Labute approximate surface area is 612 Å². The zero-order valence-electron chi connectivity index (χ0n) is 57.6. The lowest BCUT2D eigenvalue weighted by atomic mass is 9.87. The van der Waals surface area contributed by atoms with Crippen molar-refractivity contribution in [3.63, 3.8) is 0 Å². The van der Waals surface area contributed by atoms with E-state index < -0.39 is 154 Å². The van der Waals surface area contributed by atoms with E-state index in [1.165, 1.54) is 73.8 Å². The molecular weight excluding hydrogens is 1400 g/mol. The lowest BCUT2D eigenvalue weighted by Gasteiger charge is -2.32. The van der Waals surface area contributed by atoms with Crippen molar-refractivity contribution >= 4 is 70.6 Å². The number of benzene rings is 7. The first-order valence-electron chi connectivity index (χ1n) is 34.0. The number of hydrogen-bond donors (Lipinski definition) is 16. The summed E-state index contributed by atoms with van der Waals surface area (Å²) in [4.78, 5) is 121. The van der Waals surface area contributed by atoms with E-state index in [0.29, 0.717) is 6.54 Å². The van der Waals surface area contributed by atoms with E-state index in [-0.39, 0.29) is 95.2 Å². The van der Waals surface area contributed by atoms with Crippen LogP contribution < -0.4 is 62.1 Å². The number of aromatic hydroxyl groups is 6. The molecule has 0 fully saturated rings. The Bertz CT molecular complexity index is 4590. The number of amides is 8. The highest BCUT2D eigenvalue weighted by molar-refractivity contribution is 6.32. The molecule has 0 saturated heterocycles. The van der Waals surface area contributed by atoms with Crippen LogP contribution in [0.1, 0.15) is 160 Å². The SMILES string of the molecule is CCCCCCCCCCNCc1c(O)cc2c(c1O)-c1cc(ccc1O)[C@@H]1NC(=O)[C@H]3NC(=O)[C@H]4NC(=O)[C@H](Cc5ccc(c(Cl)c5)Oc5cc3cc(c5O)Oc3ccc(cc3Cl)C(O)[C@H](NC1=O)C(=O)N[C@@H]2C(=O)NC)NC(=O)[C@H](NC(=O)OC(C)(C)C)c1ccc(O)c(c1)Oc1cc(O)cc4c1. The fourth-order valence-corrected chi connectivity index (χ4v) is 13.2. The molecular formula is C75H79Cl2N9O19. The number of carbonyl (C=O) groups is 8. The molecule has 16 N–H and O–H groups in total. The minimum absolute atomic E-state index is 0.00150. The number of halogens is 2. The number of aliphatic hydroxyl groups excluding tert-OH is 1. The van der Waals surface area contributed by atoms with Gasteiger partial charge in [-0.15, -0.1) is 0 Å². The lowest BCUT2D eigenvalue weighted by Crippen LogP contribution is -2.56. The Balaban J connectivity index is 1.09. The van der Waals surface area contributed by atoms with Crippen LogP contribution in [0.15, 0.2) is 109 Å². The maximum Gasteiger partial charge on any atom is 0.408 e. The van der Waals surface area contributed by atoms with Crippen molar-refractivity contribution in [1.29, 1.82) is 0 Å². The van der Waals surface area contributed by atoms with Gasteiger partial charge in [0.2, 0.25) is 47.1 Å². The Morgan fingerprint density at radius 2 is 1.14 bits per heavy atom. The molecule has 28 nitrogen and oxygen atoms in total. The van der Waals surface area contributed by atoms with Gasteiger partial charge < -0.3 is 103 Å². The van der Waals surface area contributed by atoms with Gasteiger partial charge >= 0.3 is 6.09 Å². The van der Waals surface area contributed by atoms with Crippen LogP contribution in [-0.4, -0.2) is 114 Å². The summed E-state index contributed by atoms with van der Waals surface area (Å²) in [5, 5.41) is 107. The van der Waals surface area contributed by atoms with Gasteiger partial charge in [-0.2, -0.15) is 0 Å². The number of carbonyl (C=O) groups excluding carboxylic acids is 8. The van der Waals surface area contributed by atoms with Crippen molar-refractivity contribution in [3.05, 3.63) is 164 Å². The van der Waals surface area contributed by atoms with Gasteiger partial charge in [0, 0.05) is 37.2 Å². The standard InChI is InChI=1S/C75H79Cl2N9O19/c1-6-7-8-9-10-11-12-13-22-79-34-45-51(90)33-44-57(65(45)92)43-27-36(15-18-49(43)88)58-70(97)85-63(73(100)84-62(44)68(95)78-5)64(91)38-17-21-53(47(77)28-38)104-56-31-40-30-55(66(56)93)103-52-20-14-35(23-46(52)76)24-48-67(94)81-60(71(98)83-61(40)72(99)82-58)39-25-41(87)32-42(26-39)102-54-29-37(16-19-50(54)89)59(69(96)80-48)86-74(101)105-75(2,3)4/h14-21,23,25-33,48,58-64,79,87-93H,6-13,22,24,34H2,1-5H3,(H,78,95)(H,80,96)(H,81,94)(H,82,99)(H,83,98)(H,84,100)(H,85,97)(H,86,101)/t48-,58-,59+,60-,61-,62-,63-,64?/m0/s1. The van der Waals surface area contributed by atoms with Crippen LogP contribution >= 0.6 is 23.2 Å². The number of rotatable bonds is 13. The fraction of sp³-hybridized carbons (Fsp3) is 0.333. The third-order valence-corrected chi connectivity index (χ3v) is 18.7. The van der Waals surface area contributed by atoms with Crippen LogP contribution in [0.5, 0.6) is 69.0 Å². The van der Waals surface area contributed by atoms with E-state index in [1.54, 1.807) is 20.8 Å². The number of hydrogen-bond acceptors (Lipinski definition) is 20. The first-order chi connectivity index (χ1) is 50.1. The maximum atomic E-state index is 16.1. The zero-order valence-corrected chi connectivity index (χ0v) is 59.1. The van der Waals surface area contributed by atoms with Crippen LogP contribution in [-0.2, 0) is 51.3 Å². The fourth-order valence-electron chi connectivity index (χ4n) is 12.8. The highest BCUT2D eigenvalue weighted by atomic mass is 35.5. The zero-order chi connectivity index (χ0) is 75.3. The Hall–Kier alpha value is -11.2. The second-order valence-corrected chi connectivity index (χ2v) is 27.7. The molecule has 105 heavy (non-hydrogen) atoms. The number of fused-ring (bicyclic) bond motifs is 14. The highest BCUT2D eigenvalue weighted by Crippen LogP contribution is 2.49. The normalized spacial score (nSPS) is 20.2. The maximum absolute atomic E-state index is 16.1. The van der Waals surface area contributed by atoms with E-state index in [4.69, 9.17) is 42.1 Å². The first-order valence-corrected chi connectivity index (χ1v) is 34.8. The van der Waals surface area contributed by atoms with Crippen molar-refractivity contribution in [3.8, 4) is 80.1 Å². The molecule has 0 radical (unpaired) electrons. The summed E-state index contributed by atoms with van der Waals surface area (Å²) in [6.07, 6.45) is 4.64. The van der Waals surface area contributed by atoms with Crippen molar-refractivity contribution < 1.29 is 93.0 Å². The second kappa shape index (κ2) is 31.8. The van der Waals surface area contributed by atoms with E-state index in [0.717, 1.165) is 93.8 Å². The Kier molecular flexibility index (Phi) is 22.7. The van der Waals surface area contributed by atoms with Crippen molar-refractivity contribution in [2.24, 2.45) is 0 Å². The number of ether oxygens (including phenoxy) is 4. The summed E-state index contributed by atoms with van der Waals surface area (Å²) < 4.78 is 24.3. The van der Waals surface area contributed by atoms with Gasteiger partial charge in [-0.05, 0) is 152 Å².